The first-order valence-corrected chi connectivity index (χ1v) is 10.5. The normalized spacial score (nSPS) is 22.3. The average molecular weight is 430 g/mol. The van der Waals surface area contributed by atoms with E-state index < -0.39 is 24.0 Å². The summed E-state index contributed by atoms with van der Waals surface area (Å²) in [5.74, 6) is -1.13. The molecule has 0 aliphatic carbocycles. The topological polar surface area (TPSA) is 79.3 Å². The van der Waals surface area contributed by atoms with E-state index in [1.54, 1.807) is 41.5 Å². The number of phenols is 1. The molecule has 2 saturated heterocycles. The van der Waals surface area contributed by atoms with Gasteiger partial charge in [-0.2, -0.15) is 0 Å². The lowest BCUT2D eigenvalue weighted by molar-refractivity contribution is -0.126. The molecule has 3 aromatic carbocycles. The quantitative estimate of drug-likeness (QED) is 0.620. The molecule has 1 N–H and O–H groups in total. The van der Waals surface area contributed by atoms with E-state index in [4.69, 9.17) is 9.57 Å². The van der Waals surface area contributed by atoms with Crippen LogP contribution in [0.3, 0.4) is 0 Å². The van der Waals surface area contributed by atoms with Crippen molar-refractivity contribution in [2.24, 2.45) is 5.92 Å². The van der Waals surface area contributed by atoms with Crippen LogP contribution in [-0.4, -0.2) is 29.6 Å². The van der Waals surface area contributed by atoms with Gasteiger partial charge in [0.2, 0.25) is 5.91 Å². The first-order valence-electron chi connectivity index (χ1n) is 10.5. The lowest BCUT2D eigenvalue weighted by Crippen LogP contribution is -2.37. The molecule has 2 heterocycles. The lowest BCUT2D eigenvalue weighted by Gasteiger charge is -2.29. The zero-order valence-electron chi connectivity index (χ0n) is 17.4. The number of anilines is 2. The number of carbonyl (C=O) groups excluding carboxylic acids is 2. The van der Waals surface area contributed by atoms with Gasteiger partial charge < -0.3 is 9.84 Å². The van der Waals surface area contributed by atoms with E-state index in [0.29, 0.717) is 23.6 Å². The molecule has 0 radical (unpaired) electrons. The second-order valence-electron chi connectivity index (χ2n) is 7.67. The minimum Gasteiger partial charge on any atom is -0.504 e. The molecule has 0 aromatic heterocycles. The fraction of sp³-hybridized carbons (Fsp3) is 0.200. The van der Waals surface area contributed by atoms with Crippen molar-refractivity contribution in [3.8, 4) is 11.5 Å². The number of para-hydroxylation sites is 2. The monoisotopic (exact) mass is 430 g/mol. The average Bonchev–Trinajstić information content (AvgIpc) is 3.33. The van der Waals surface area contributed by atoms with Crippen LogP contribution < -0.4 is 14.7 Å². The van der Waals surface area contributed by atoms with E-state index in [2.05, 4.69) is 0 Å². The molecule has 2 aliphatic heterocycles. The second kappa shape index (κ2) is 8.01. The van der Waals surface area contributed by atoms with Crippen molar-refractivity contribution in [3.05, 3.63) is 84.4 Å². The van der Waals surface area contributed by atoms with Crippen molar-refractivity contribution in [3.63, 3.8) is 0 Å². The molecule has 0 spiro atoms. The van der Waals surface area contributed by atoms with Crippen molar-refractivity contribution in [2.75, 3.05) is 16.6 Å². The summed E-state index contributed by atoms with van der Waals surface area (Å²) in [6.07, 6.45) is -0.947. The number of hydrogen-bond acceptors (Lipinski definition) is 6. The highest BCUT2D eigenvalue weighted by molar-refractivity contribution is 6.23. The molecule has 0 unspecified atom stereocenters. The predicted octanol–water partition coefficient (Wildman–Crippen LogP) is 3.84. The first-order chi connectivity index (χ1) is 15.6. The maximum absolute atomic E-state index is 13.6. The third kappa shape index (κ3) is 3.18. The van der Waals surface area contributed by atoms with Gasteiger partial charge in [-0.1, -0.05) is 42.5 Å². The van der Waals surface area contributed by atoms with Crippen molar-refractivity contribution in [2.45, 2.75) is 19.1 Å². The highest BCUT2D eigenvalue weighted by Crippen LogP contribution is 2.48. The van der Waals surface area contributed by atoms with E-state index in [-0.39, 0.29) is 11.7 Å². The minimum atomic E-state index is -0.947. The van der Waals surface area contributed by atoms with E-state index in [1.807, 2.05) is 43.3 Å². The van der Waals surface area contributed by atoms with Gasteiger partial charge in [0.05, 0.1) is 24.0 Å². The minimum absolute atomic E-state index is 0.0112. The maximum Gasteiger partial charge on any atom is 0.266 e. The predicted molar refractivity (Wildman–Crippen MR) is 118 cm³/mol. The van der Waals surface area contributed by atoms with Crippen molar-refractivity contribution in [1.29, 1.82) is 0 Å². The van der Waals surface area contributed by atoms with Crippen LogP contribution in [0, 0.1) is 5.92 Å². The molecule has 2 fully saturated rings. The Morgan fingerprint density at radius 2 is 1.56 bits per heavy atom. The third-order valence-corrected chi connectivity index (χ3v) is 5.77. The number of carbonyl (C=O) groups is 2. The SMILES string of the molecule is CCOc1cc([C@H]2[C@H]3C(=O)N(c4ccccc4)C(=O)[C@@H]3ON2c2ccccc2)ccc1O. The number of imide groups is 1. The molecule has 2 aliphatic rings. The molecule has 0 saturated carbocycles. The standard InChI is InChI=1S/C25H22N2O5/c1-2-31-20-15-16(13-14-19(20)28)22-21-23(32-27(22)18-11-7-4-8-12-18)25(30)26(24(21)29)17-9-5-3-6-10-17/h3-15,21-23,28H,2H2,1H3/t21-,22+,23-/m1/s1. The molecule has 3 aromatic rings. The number of hydrogen-bond donors (Lipinski definition) is 1. The summed E-state index contributed by atoms with van der Waals surface area (Å²) in [5.41, 5.74) is 1.95. The van der Waals surface area contributed by atoms with Crippen LogP contribution in [0.2, 0.25) is 0 Å². The van der Waals surface area contributed by atoms with Crippen molar-refractivity contribution in [1.82, 2.24) is 0 Å². The summed E-state index contributed by atoms with van der Waals surface area (Å²) < 4.78 is 5.56. The van der Waals surface area contributed by atoms with E-state index in [9.17, 15) is 14.7 Å². The number of ether oxygens (including phenoxy) is 1. The molecule has 0 bridgehead atoms. The van der Waals surface area contributed by atoms with Gasteiger partial charge in [0.25, 0.3) is 5.91 Å². The van der Waals surface area contributed by atoms with Gasteiger partial charge in [-0.15, -0.1) is 0 Å². The Hall–Kier alpha value is -3.84. The number of fused-ring (bicyclic) bond motifs is 1. The fourth-order valence-electron chi connectivity index (χ4n) is 4.37. The highest BCUT2D eigenvalue weighted by atomic mass is 16.7. The van der Waals surface area contributed by atoms with Crippen LogP contribution >= 0.6 is 0 Å². The van der Waals surface area contributed by atoms with Gasteiger partial charge in [0.1, 0.15) is 5.92 Å². The van der Waals surface area contributed by atoms with Gasteiger partial charge in [-0.3, -0.25) is 14.4 Å². The molecule has 7 nitrogen and oxygen atoms in total. The Balaban J connectivity index is 1.60. The summed E-state index contributed by atoms with van der Waals surface area (Å²) in [6, 6.07) is 22.6. The van der Waals surface area contributed by atoms with Crippen LogP contribution in [0.15, 0.2) is 78.9 Å². The number of nitrogens with zero attached hydrogens (tertiary/aromatic N) is 2. The number of hydroxylamine groups is 1. The Morgan fingerprint density at radius 3 is 2.22 bits per heavy atom. The molecule has 32 heavy (non-hydrogen) atoms. The Morgan fingerprint density at radius 1 is 0.906 bits per heavy atom. The van der Waals surface area contributed by atoms with Crippen LogP contribution in [0.4, 0.5) is 11.4 Å². The molecule has 2 amide bonds. The maximum atomic E-state index is 13.6. The van der Waals surface area contributed by atoms with Gasteiger partial charge in [-0.05, 0) is 48.9 Å². The Bertz CT molecular complexity index is 1150. The van der Waals surface area contributed by atoms with Crippen LogP contribution in [0.5, 0.6) is 11.5 Å². The molecule has 5 rings (SSSR count). The number of rotatable bonds is 5. The number of benzene rings is 3. The van der Waals surface area contributed by atoms with Crippen LogP contribution in [-0.2, 0) is 14.4 Å². The molecule has 162 valence electrons. The zero-order chi connectivity index (χ0) is 22.2. The molecular weight excluding hydrogens is 408 g/mol. The summed E-state index contributed by atoms with van der Waals surface area (Å²) in [6.45, 7) is 2.21. The lowest BCUT2D eigenvalue weighted by atomic mass is 9.90. The van der Waals surface area contributed by atoms with E-state index in [1.165, 1.54) is 11.0 Å². The molecule has 7 heteroatoms. The smallest absolute Gasteiger partial charge is 0.266 e. The van der Waals surface area contributed by atoms with Crippen molar-refractivity contribution < 1.29 is 24.3 Å². The zero-order valence-corrected chi connectivity index (χ0v) is 17.4. The fourth-order valence-corrected chi connectivity index (χ4v) is 4.37. The largest absolute Gasteiger partial charge is 0.504 e. The summed E-state index contributed by atoms with van der Waals surface area (Å²) in [7, 11) is 0. The Kier molecular flexibility index (Phi) is 5.03. The highest BCUT2D eigenvalue weighted by Gasteiger charge is 2.60. The van der Waals surface area contributed by atoms with Gasteiger partial charge in [0, 0.05) is 0 Å². The number of amides is 2. The van der Waals surface area contributed by atoms with Gasteiger partial charge in [-0.25, -0.2) is 9.96 Å². The Labute approximate surface area is 185 Å². The van der Waals surface area contributed by atoms with E-state index in [0.717, 1.165) is 5.69 Å². The number of phenolic OH excluding ortho intramolecular Hbond substituents is 1. The van der Waals surface area contributed by atoms with Crippen LogP contribution in [0.25, 0.3) is 0 Å². The summed E-state index contributed by atoms with van der Waals surface area (Å²) >= 11 is 0. The first kappa shape index (κ1) is 20.1. The van der Waals surface area contributed by atoms with E-state index >= 15 is 0 Å². The van der Waals surface area contributed by atoms with Crippen molar-refractivity contribution >= 4 is 23.2 Å². The number of aromatic hydroxyl groups is 1. The molecule has 3 atom stereocenters. The van der Waals surface area contributed by atoms with Gasteiger partial charge >= 0.3 is 0 Å². The second-order valence-corrected chi connectivity index (χ2v) is 7.67. The molecular formula is C25H22N2O5. The summed E-state index contributed by atoms with van der Waals surface area (Å²) in [4.78, 5) is 34.1. The van der Waals surface area contributed by atoms with Gasteiger partial charge in [0.15, 0.2) is 17.6 Å². The third-order valence-electron chi connectivity index (χ3n) is 5.77. The van der Waals surface area contributed by atoms with Crippen LogP contribution in [0.1, 0.15) is 18.5 Å². The summed E-state index contributed by atoms with van der Waals surface area (Å²) in [5, 5.41) is 11.8.